The van der Waals surface area contributed by atoms with Gasteiger partial charge in [0.25, 0.3) is 0 Å². The third kappa shape index (κ3) is 6.97. The van der Waals surface area contributed by atoms with E-state index in [4.69, 9.17) is 18.9 Å². The fourth-order valence-corrected chi connectivity index (χ4v) is 3.21. The molecule has 174 valence electrons. The summed E-state index contributed by atoms with van der Waals surface area (Å²) in [5.41, 5.74) is 1.68. The summed E-state index contributed by atoms with van der Waals surface area (Å²) in [4.78, 5) is 24.3. The van der Waals surface area contributed by atoms with Crippen molar-refractivity contribution in [2.45, 2.75) is 39.7 Å². The van der Waals surface area contributed by atoms with Gasteiger partial charge in [0.15, 0.2) is 0 Å². The second-order valence-corrected chi connectivity index (χ2v) is 8.33. The summed E-state index contributed by atoms with van der Waals surface area (Å²) in [5.74, 6) is 0.910. The number of carbonyl (C=O) groups is 2. The number of fused-ring (bicyclic) bond motifs is 1. The predicted octanol–water partition coefficient (Wildman–Crippen LogP) is 6.26. The Morgan fingerprint density at radius 2 is 1.48 bits per heavy atom. The number of benzene rings is 3. The van der Waals surface area contributed by atoms with Crippen molar-refractivity contribution >= 4 is 22.9 Å². The molecule has 3 aromatic rings. The number of hydrogen-bond donors (Lipinski definition) is 0. The summed E-state index contributed by atoms with van der Waals surface area (Å²) in [6.45, 7) is 6.40. The number of hydrogen-bond acceptors (Lipinski definition) is 6. The zero-order chi connectivity index (χ0) is 23.8. The van der Waals surface area contributed by atoms with Crippen LogP contribution in [0.5, 0.6) is 11.5 Å². The second-order valence-electron chi connectivity index (χ2n) is 8.33. The quantitative estimate of drug-likeness (QED) is 0.283. The summed E-state index contributed by atoms with van der Waals surface area (Å²) in [6.07, 6.45) is 0.0590. The van der Waals surface area contributed by atoms with Crippen molar-refractivity contribution in [1.82, 2.24) is 0 Å². The molecule has 1 unspecified atom stereocenters. The van der Waals surface area contributed by atoms with Crippen LogP contribution in [0, 0.1) is 5.92 Å². The Morgan fingerprint density at radius 3 is 2.18 bits per heavy atom. The minimum Gasteiger partial charge on any atom is -0.497 e. The van der Waals surface area contributed by atoms with Crippen molar-refractivity contribution in [2.24, 2.45) is 5.92 Å². The van der Waals surface area contributed by atoms with E-state index in [1.807, 2.05) is 43.3 Å². The Morgan fingerprint density at radius 1 is 0.818 bits per heavy atom. The molecular formula is C27H30O6. The maximum atomic E-state index is 12.6. The van der Waals surface area contributed by atoms with Crippen LogP contribution in [-0.2, 0) is 20.9 Å². The summed E-state index contributed by atoms with van der Waals surface area (Å²) in [7, 11) is 1.64. The number of carbonyl (C=O) groups excluding carboxylic acids is 2. The van der Waals surface area contributed by atoms with Crippen molar-refractivity contribution in [3.63, 3.8) is 0 Å². The van der Waals surface area contributed by atoms with Crippen LogP contribution in [0.4, 0.5) is 4.79 Å². The molecule has 0 saturated heterocycles. The average molecular weight is 451 g/mol. The van der Waals surface area contributed by atoms with E-state index in [0.29, 0.717) is 18.3 Å². The maximum absolute atomic E-state index is 12.6. The molecule has 1 atom stereocenters. The molecule has 0 radical (unpaired) electrons. The fourth-order valence-electron chi connectivity index (χ4n) is 3.21. The standard InChI is InChI=1S/C27H30O6/c1-18(2)13-14-31-27(29)33-24-10-5-20(6-11-24)17-32-26(28)19(3)21-7-8-23-16-25(30-4)12-9-22(23)15-21/h5-12,15-16,18-19H,13-14,17H2,1-4H3. The fraction of sp³-hybridized carbons (Fsp3) is 0.333. The van der Waals surface area contributed by atoms with Crippen LogP contribution in [0.3, 0.4) is 0 Å². The van der Waals surface area contributed by atoms with Gasteiger partial charge >= 0.3 is 12.1 Å². The van der Waals surface area contributed by atoms with Gasteiger partial charge in [-0.3, -0.25) is 4.79 Å². The van der Waals surface area contributed by atoms with Gasteiger partial charge in [-0.05, 0) is 65.4 Å². The summed E-state index contributed by atoms with van der Waals surface area (Å²) >= 11 is 0. The smallest absolute Gasteiger partial charge is 0.497 e. The highest BCUT2D eigenvalue weighted by Crippen LogP contribution is 2.26. The molecule has 0 amide bonds. The SMILES string of the molecule is COc1ccc2cc(C(C)C(=O)OCc3ccc(OC(=O)OCCC(C)C)cc3)ccc2c1. The van der Waals surface area contributed by atoms with Crippen LogP contribution in [0.15, 0.2) is 60.7 Å². The Hall–Kier alpha value is -3.54. The Bertz CT molecular complexity index is 1090. The molecule has 0 aliphatic carbocycles. The van der Waals surface area contributed by atoms with Gasteiger partial charge in [-0.25, -0.2) is 4.79 Å². The summed E-state index contributed by atoms with van der Waals surface area (Å²) in [5, 5.41) is 2.08. The van der Waals surface area contributed by atoms with Gasteiger partial charge in [-0.15, -0.1) is 0 Å². The lowest BCUT2D eigenvalue weighted by Crippen LogP contribution is -2.13. The molecule has 0 bridgehead atoms. The molecule has 3 aromatic carbocycles. The topological polar surface area (TPSA) is 71.1 Å². The first-order valence-corrected chi connectivity index (χ1v) is 11.0. The molecule has 0 spiro atoms. The summed E-state index contributed by atoms with van der Waals surface area (Å²) < 4.78 is 20.9. The average Bonchev–Trinajstić information content (AvgIpc) is 2.82. The van der Waals surface area contributed by atoms with E-state index < -0.39 is 12.1 Å². The van der Waals surface area contributed by atoms with E-state index in [-0.39, 0.29) is 12.6 Å². The zero-order valence-corrected chi connectivity index (χ0v) is 19.5. The van der Waals surface area contributed by atoms with Gasteiger partial charge in [0.2, 0.25) is 0 Å². The number of esters is 1. The number of methoxy groups -OCH3 is 1. The van der Waals surface area contributed by atoms with Gasteiger partial charge in [0, 0.05) is 0 Å². The van der Waals surface area contributed by atoms with Crippen molar-refractivity contribution in [3.05, 3.63) is 71.8 Å². The van der Waals surface area contributed by atoms with Gasteiger partial charge in [0.05, 0.1) is 19.6 Å². The molecule has 33 heavy (non-hydrogen) atoms. The van der Waals surface area contributed by atoms with Crippen LogP contribution in [0.25, 0.3) is 10.8 Å². The first-order valence-electron chi connectivity index (χ1n) is 11.0. The highest BCUT2D eigenvalue weighted by molar-refractivity contribution is 5.86. The van der Waals surface area contributed by atoms with E-state index in [9.17, 15) is 9.59 Å². The van der Waals surface area contributed by atoms with E-state index in [1.165, 1.54) is 0 Å². The molecule has 6 nitrogen and oxygen atoms in total. The van der Waals surface area contributed by atoms with Crippen molar-refractivity contribution < 1.29 is 28.5 Å². The van der Waals surface area contributed by atoms with Crippen LogP contribution >= 0.6 is 0 Å². The second kappa shape index (κ2) is 11.4. The van der Waals surface area contributed by atoms with Crippen molar-refractivity contribution in [2.75, 3.05) is 13.7 Å². The molecule has 0 heterocycles. The number of rotatable bonds is 9. The van der Waals surface area contributed by atoms with Gasteiger partial charge < -0.3 is 18.9 Å². The molecule has 6 heteroatoms. The van der Waals surface area contributed by atoms with Crippen LogP contribution < -0.4 is 9.47 Å². The molecular weight excluding hydrogens is 420 g/mol. The predicted molar refractivity (Wildman–Crippen MR) is 127 cm³/mol. The molecule has 0 aromatic heterocycles. The normalized spacial score (nSPS) is 11.8. The van der Waals surface area contributed by atoms with Crippen LogP contribution in [0.2, 0.25) is 0 Å². The third-order valence-corrected chi connectivity index (χ3v) is 5.35. The highest BCUT2D eigenvalue weighted by atomic mass is 16.7. The Labute approximate surface area is 194 Å². The van der Waals surface area contributed by atoms with Gasteiger partial charge in [0.1, 0.15) is 18.1 Å². The largest absolute Gasteiger partial charge is 0.513 e. The van der Waals surface area contributed by atoms with Crippen LogP contribution in [0.1, 0.15) is 44.2 Å². The van der Waals surface area contributed by atoms with E-state index >= 15 is 0 Å². The minimum atomic E-state index is -0.725. The van der Waals surface area contributed by atoms with E-state index in [0.717, 1.165) is 34.1 Å². The molecule has 0 saturated carbocycles. The monoisotopic (exact) mass is 450 g/mol. The Balaban J connectivity index is 1.51. The van der Waals surface area contributed by atoms with E-state index in [2.05, 4.69) is 13.8 Å². The molecule has 0 fully saturated rings. The van der Waals surface area contributed by atoms with Crippen molar-refractivity contribution in [3.8, 4) is 11.5 Å². The van der Waals surface area contributed by atoms with Crippen molar-refractivity contribution in [1.29, 1.82) is 0 Å². The first-order chi connectivity index (χ1) is 15.9. The molecule has 0 aliphatic rings. The lowest BCUT2D eigenvalue weighted by Gasteiger charge is -2.13. The van der Waals surface area contributed by atoms with Crippen LogP contribution in [-0.4, -0.2) is 25.8 Å². The highest BCUT2D eigenvalue weighted by Gasteiger charge is 2.17. The molecule has 3 rings (SSSR count). The lowest BCUT2D eigenvalue weighted by atomic mass is 9.98. The lowest BCUT2D eigenvalue weighted by molar-refractivity contribution is -0.146. The molecule has 0 aliphatic heterocycles. The third-order valence-electron chi connectivity index (χ3n) is 5.35. The first kappa shape index (κ1) is 24.1. The van der Waals surface area contributed by atoms with E-state index in [1.54, 1.807) is 31.4 Å². The summed E-state index contributed by atoms with van der Waals surface area (Å²) in [6, 6.07) is 18.5. The Kier molecular flexibility index (Phi) is 8.30. The molecule has 0 N–H and O–H groups in total. The maximum Gasteiger partial charge on any atom is 0.513 e. The zero-order valence-electron chi connectivity index (χ0n) is 19.5. The number of ether oxygens (including phenoxy) is 4. The van der Waals surface area contributed by atoms with Gasteiger partial charge in [-0.1, -0.05) is 50.2 Å². The van der Waals surface area contributed by atoms with Gasteiger partial charge in [-0.2, -0.15) is 0 Å². The minimum absolute atomic E-state index is 0.132.